The topological polar surface area (TPSA) is 81.2 Å². The third-order valence-corrected chi connectivity index (χ3v) is 5.06. The number of halogens is 1. The molecule has 1 fully saturated rings. The summed E-state index contributed by atoms with van der Waals surface area (Å²) in [6.45, 7) is 2.40. The summed E-state index contributed by atoms with van der Waals surface area (Å²) in [7, 11) is 3.15. The summed E-state index contributed by atoms with van der Waals surface area (Å²) in [5, 5.41) is 0. The molecule has 0 bridgehead atoms. The van der Waals surface area contributed by atoms with Crippen LogP contribution in [0.25, 0.3) is 0 Å². The number of carbonyl (C=O) groups is 2. The Bertz CT molecular complexity index is 890. The standard InChI is InChI=1S/C20H22BrN3O5/c1-13(25)23(10-14-4-6-16(27-2)8-18(14)28-3)11-17-12-24(20(26)29-17)19-7-5-15(21)9-22-19/h4-9,17H,10-12H2,1-3H3/t17-/m0/s1. The third-order valence-electron chi connectivity index (χ3n) is 4.59. The van der Waals surface area contributed by atoms with Gasteiger partial charge in [0.15, 0.2) is 0 Å². The molecule has 0 N–H and O–H groups in total. The van der Waals surface area contributed by atoms with Gasteiger partial charge < -0.3 is 19.1 Å². The van der Waals surface area contributed by atoms with Gasteiger partial charge >= 0.3 is 6.09 Å². The molecule has 2 amide bonds. The van der Waals surface area contributed by atoms with Gasteiger partial charge in [-0.05, 0) is 40.2 Å². The Kier molecular flexibility index (Phi) is 6.58. The molecule has 1 aromatic carbocycles. The number of anilines is 1. The number of hydrogen-bond donors (Lipinski definition) is 0. The SMILES string of the molecule is COc1ccc(CN(C[C@H]2CN(c3ccc(Br)cn3)C(=O)O2)C(C)=O)c(OC)c1. The maximum absolute atomic E-state index is 12.3. The lowest BCUT2D eigenvalue weighted by Gasteiger charge is -2.24. The van der Waals surface area contributed by atoms with Gasteiger partial charge in [-0.25, -0.2) is 9.78 Å². The van der Waals surface area contributed by atoms with E-state index in [4.69, 9.17) is 14.2 Å². The molecule has 0 saturated carbocycles. The minimum absolute atomic E-state index is 0.126. The summed E-state index contributed by atoms with van der Waals surface area (Å²) in [5.41, 5.74) is 0.833. The van der Waals surface area contributed by atoms with E-state index in [-0.39, 0.29) is 12.5 Å². The molecule has 1 saturated heterocycles. The fourth-order valence-corrected chi connectivity index (χ4v) is 3.30. The van der Waals surface area contributed by atoms with Gasteiger partial charge in [-0.3, -0.25) is 9.69 Å². The normalized spacial score (nSPS) is 15.8. The smallest absolute Gasteiger partial charge is 0.416 e. The van der Waals surface area contributed by atoms with E-state index in [1.165, 1.54) is 11.8 Å². The summed E-state index contributed by atoms with van der Waals surface area (Å²) < 4.78 is 16.9. The molecule has 29 heavy (non-hydrogen) atoms. The number of methoxy groups -OCH3 is 2. The lowest BCUT2D eigenvalue weighted by atomic mass is 10.1. The van der Waals surface area contributed by atoms with Crippen LogP contribution in [-0.4, -0.2) is 55.3 Å². The highest BCUT2D eigenvalue weighted by atomic mass is 79.9. The molecule has 3 rings (SSSR count). The van der Waals surface area contributed by atoms with Crippen molar-refractivity contribution in [3.8, 4) is 11.5 Å². The van der Waals surface area contributed by atoms with Crippen molar-refractivity contribution in [1.29, 1.82) is 0 Å². The molecule has 0 radical (unpaired) electrons. The van der Waals surface area contributed by atoms with Gasteiger partial charge in [-0.1, -0.05) is 0 Å². The van der Waals surface area contributed by atoms with Crippen molar-refractivity contribution in [3.63, 3.8) is 0 Å². The van der Waals surface area contributed by atoms with Crippen molar-refractivity contribution < 1.29 is 23.8 Å². The van der Waals surface area contributed by atoms with Crippen LogP contribution in [0.15, 0.2) is 41.0 Å². The van der Waals surface area contributed by atoms with E-state index in [1.807, 2.05) is 12.1 Å². The zero-order chi connectivity index (χ0) is 21.0. The number of carbonyl (C=O) groups excluding carboxylic acids is 2. The van der Waals surface area contributed by atoms with E-state index in [0.29, 0.717) is 30.4 Å². The Morgan fingerprint density at radius 2 is 2.10 bits per heavy atom. The number of rotatable bonds is 7. The quantitative estimate of drug-likeness (QED) is 0.626. The van der Waals surface area contributed by atoms with E-state index < -0.39 is 12.2 Å². The number of nitrogens with zero attached hydrogens (tertiary/aromatic N) is 3. The van der Waals surface area contributed by atoms with Gasteiger partial charge in [0.25, 0.3) is 0 Å². The third kappa shape index (κ3) is 4.97. The van der Waals surface area contributed by atoms with Crippen LogP contribution in [0.2, 0.25) is 0 Å². The summed E-state index contributed by atoms with van der Waals surface area (Å²) in [6, 6.07) is 8.97. The van der Waals surface area contributed by atoms with E-state index in [9.17, 15) is 9.59 Å². The Hall–Kier alpha value is -2.81. The van der Waals surface area contributed by atoms with E-state index in [2.05, 4.69) is 20.9 Å². The minimum atomic E-state index is -0.477. The first kappa shape index (κ1) is 20.9. The summed E-state index contributed by atoms with van der Waals surface area (Å²) in [6.07, 6.45) is 0.685. The molecule has 2 heterocycles. The monoisotopic (exact) mass is 463 g/mol. The Balaban J connectivity index is 1.71. The highest BCUT2D eigenvalue weighted by Crippen LogP contribution is 2.27. The van der Waals surface area contributed by atoms with Crippen LogP contribution in [0.1, 0.15) is 12.5 Å². The maximum Gasteiger partial charge on any atom is 0.416 e. The predicted molar refractivity (Wildman–Crippen MR) is 110 cm³/mol. The highest BCUT2D eigenvalue weighted by Gasteiger charge is 2.34. The van der Waals surface area contributed by atoms with Gasteiger partial charge in [0.05, 0.1) is 27.3 Å². The lowest BCUT2D eigenvalue weighted by molar-refractivity contribution is -0.130. The average molecular weight is 464 g/mol. The summed E-state index contributed by atoms with van der Waals surface area (Å²) in [4.78, 5) is 31.8. The molecular formula is C20H22BrN3O5. The van der Waals surface area contributed by atoms with Crippen molar-refractivity contribution in [3.05, 3.63) is 46.6 Å². The average Bonchev–Trinajstić information content (AvgIpc) is 3.08. The van der Waals surface area contributed by atoms with Crippen molar-refractivity contribution in [2.45, 2.75) is 19.6 Å². The fraction of sp³-hybridized carbons (Fsp3) is 0.350. The first-order valence-corrected chi connectivity index (χ1v) is 9.76. The van der Waals surface area contributed by atoms with Crippen molar-refractivity contribution in [2.24, 2.45) is 0 Å². The highest BCUT2D eigenvalue weighted by molar-refractivity contribution is 9.10. The van der Waals surface area contributed by atoms with Crippen LogP contribution in [0, 0.1) is 0 Å². The number of benzene rings is 1. The van der Waals surface area contributed by atoms with Crippen LogP contribution >= 0.6 is 15.9 Å². The second kappa shape index (κ2) is 9.13. The van der Waals surface area contributed by atoms with Crippen LogP contribution in [0.3, 0.4) is 0 Å². The number of amides is 2. The molecule has 8 nitrogen and oxygen atoms in total. The van der Waals surface area contributed by atoms with Gasteiger partial charge in [0.1, 0.15) is 23.4 Å². The second-order valence-electron chi connectivity index (χ2n) is 6.53. The van der Waals surface area contributed by atoms with Gasteiger partial charge in [0, 0.05) is 35.8 Å². The second-order valence-corrected chi connectivity index (χ2v) is 7.44. The first-order chi connectivity index (χ1) is 13.9. The van der Waals surface area contributed by atoms with Crippen LogP contribution < -0.4 is 14.4 Å². The maximum atomic E-state index is 12.3. The Morgan fingerprint density at radius 3 is 2.72 bits per heavy atom. The molecule has 154 valence electrons. The zero-order valence-electron chi connectivity index (χ0n) is 16.4. The molecule has 0 unspecified atom stereocenters. The summed E-state index contributed by atoms with van der Waals surface area (Å²) >= 11 is 3.32. The Labute approximate surface area is 177 Å². The van der Waals surface area contributed by atoms with Crippen molar-refractivity contribution >= 4 is 33.7 Å². The predicted octanol–water partition coefficient (Wildman–Crippen LogP) is 3.24. The van der Waals surface area contributed by atoms with Crippen LogP contribution in [0.4, 0.5) is 10.6 Å². The molecule has 0 spiro atoms. The van der Waals surface area contributed by atoms with E-state index in [1.54, 1.807) is 43.5 Å². The Morgan fingerprint density at radius 1 is 1.31 bits per heavy atom. The van der Waals surface area contributed by atoms with E-state index >= 15 is 0 Å². The number of hydrogen-bond acceptors (Lipinski definition) is 6. The number of pyridine rings is 1. The molecule has 0 aliphatic carbocycles. The number of cyclic esters (lactones) is 1. The zero-order valence-corrected chi connectivity index (χ0v) is 18.0. The minimum Gasteiger partial charge on any atom is -0.497 e. The van der Waals surface area contributed by atoms with Gasteiger partial charge in [-0.15, -0.1) is 0 Å². The molecule has 1 aromatic heterocycles. The molecule has 2 aromatic rings. The van der Waals surface area contributed by atoms with Crippen LogP contribution in [-0.2, 0) is 16.1 Å². The van der Waals surface area contributed by atoms with Gasteiger partial charge in [-0.2, -0.15) is 0 Å². The van der Waals surface area contributed by atoms with Crippen molar-refractivity contribution in [1.82, 2.24) is 9.88 Å². The molecular weight excluding hydrogens is 442 g/mol. The number of aromatic nitrogens is 1. The summed E-state index contributed by atoms with van der Waals surface area (Å²) in [5.74, 6) is 1.67. The molecule has 9 heteroatoms. The van der Waals surface area contributed by atoms with Crippen LogP contribution in [0.5, 0.6) is 11.5 Å². The van der Waals surface area contributed by atoms with Crippen molar-refractivity contribution in [2.75, 3.05) is 32.2 Å². The fourth-order valence-electron chi connectivity index (χ4n) is 3.07. The van der Waals surface area contributed by atoms with Gasteiger partial charge in [0.2, 0.25) is 5.91 Å². The molecule has 1 aliphatic rings. The lowest BCUT2D eigenvalue weighted by Crippen LogP contribution is -2.37. The molecule has 1 aliphatic heterocycles. The van der Waals surface area contributed by atoms with E-state index in [0.717, 1.165) is 10.0 Å². The largest absolute Gasteiger partial charge is 0.497 e. The molecule has 1 atom stereocenters. The first-order valence-electron chi connectivity index (χ1n) is 8.97. The number of ether oxygens (including phenoxy) is 3.